The van der Waals surface area contributed by atoms with E-state index in [1.54, 1.807) is 0 Å². The highest BCUT2D eigenvalue weighted by Crippen LogP contribution is 2.46. The van der Waals surface area contributed by atoms with Gasteiger partial charge in [-0.3, -0.25) is 0 Å². The Hall–Kier alpha value is 0.310. The fraction of sp³-hybridized carbons (Fsp3) is 1.00. The van der Waals surface area contributed by atoms with E-state index >= 15 is 0 Å². The zero-order valence-corrected chi connectivity index (χ0v) is 6.94. The van der Waals surface area contributed by atoms with Crippen molar-refractivity contribution in [3.63, 3.8) is 0 Å². The van der Waals surface area contributed by atoms with Crippen LogP contribution in [0.1, 0.15) is 19.3 Å². The molecule has 1 nitrogen and oxygen atoms in total. The monoisotopic (exact) mass is 158 g/mol. The molecule has 58 valence electrons. The Morgan fingerprint density at radius 1 is 1.40 bits per heavy atom. The van der Waals surface area contributed by atoms with E-state index in [0.29, 0.717) is 12.5 Å². The summed E-state index contributed by atoms with van der Waals surface area (Å²) in [7, 11) is 0. The Kier molecular flexibility index (Phi) is 1.92. The van der Waals surface area contributed by atoms with Gasteiger partial charge in [0.2, 0.25) is 0 Å². The van der Waals surface area contributed by atoms with Crippen LogP contribution in [0, 0.1) is 11.8 Å². The third-order valence-electron chi connectivity index (χ3n) is 2.65. The largest absolute Gasteiger partial charge is 0.396 e. The highest BCUT2D eigenvalue weighted by Gasteiger charge is 2.38. The standard InChI is InChI=1S/C8H14OS/c9-5-7(6-1-2-6)8-3-4-10-8/h6-9H,1-5H2. The van der Waals surface area contributed by atoms with Crippen LogP contribution in [0.5, 0.6) is 0 Å². The molecule has 1 aliphatic carbocycles. The molecule has 1 heterocycles. The summed E-state index contributed by atoms with van der Waals surface area (Å²) in [6.45, 7) is 0.433. The van der Waals surface area contributed by atoms with Crippen molar-refractivity contribution in [2.24, 2.45) is 11.8 Å². The molecule has 1 N–H and O–H groups in total. The van der Waals surface area contributed by atoms with Gasteiger partial charge in [0.05, 0.1) is 0 Å². The maximum Gasteiger partial charge on any atom is 0.0472 e. The van der Waals surface area contributed by atoms with Gasteiger partial charge in [0.1, 0.15) is 0 Å². The van der Waals surface area contributed by atoms with Gasteiger partial charge in [-0.2, -0.15) is 11.8 Å². The summed E-state index contributed by atoms with van der Waals surface area (Å²) in [5.74, 6) is 2.87. The van der Waals surface area contributed by atoms with Crippen LogP contribution in [-0.4, -0.2) is 22.7 Å². The van der Waals surface area contributed by atoms with Crippen LogP contribution in [0.3, 0.4) is 0 Å². The second-order valence-electron chi connectivity index (χ2n) is 3.38. The first kappa shape index (κ1) is 6.99. The quantitative estimate of drug-likeness (QED) is 0.672. The number of hydrogen-bond acceptors (Lipinski definition) is 2. The Balaban J connectivity index is 1.84. The highest BCUT2D eigenvalue weighted by molar-refractivity contribution is 8.01. The lowest BCUT2D eigenvalue weighted by Gasteiger charge is -2.32. The van der Waals surface area contributed by atoms with E-state index in [0.717, 1.165) is 11.2 Å². The first-order valence-corrected chi connectivity index (χ1v) is 5.19. The van der Waals surface area contributed by atoms with E-state index in [9.17, 15) is 0 Å². The SMILES string of the molecule is OCC(C1CC1)C1CCS1. The lowest BCUT2D eigenvalue weighted by Crippen LogP contribution is -2.29. The Morgan fingerprint density at radius 3 is 2.40 bits per heavy atom. The fourth-order valence-electron chi connectivity index (χ4n) is 1.69. The van der Waals surface area contributed by atoms with Crippen molar-refractivity contribution in [3.05, 3.63) is 0 Å². The summed E-state index contributed by atoms with van der Waals surface area (Å²) in [4.78, 5) is 0. The van der Waals surface area contributed by atoms with Gasteiger partial charge in [0, 0.05) is 11.9 Å². The van der Waals surface area contributed by atoms with Gasteiger partial charge in [0.25, 0.3) is 0 Å². The molecule has 0 aromatic rings. The predicted octanol–water partition coefficient (Wildman–Crippen LogP) is 1.51. The van der Waals surface area contributed by atoms with Gasteiger partial charge in [0.15, 0.2) is 0 Å². The summed E-state index contributed by atoms with van der Waals surface area (Å²) in [5, 5.41) is 9.88. The maximum absolute atomic E-state index is 9.06. The number of rotatable bonds is 3. The minimum atomic E-state index is 0.433. The number of aliphatic hydroxyl groups excluding tert-OH is 1. The van der Waals surface area contributed by atoms with Gasteiger partial charge < -0.3 is 5.11 Å². The molecular weight excluding hydrogens is 144 g/mol. The molecule has 0 aromatic heterocycles. The second-order valence-corrected chi connectivity index (χ2v) is 4.73. The third kappa shape index (κ3) is 1.19. The maximum atomic E-state index is 9.06. The Morgan fingerprint density at radius 2 is 2.10 bits per heavy atom. The average Bonchev–Trinajstić information content (AvgIpc) is 2.58. The minimum absolute atomic E-state index is 0.433. The molecule has 2 aliphatic rings. The van der Waals surface area contributed by atoms with Gasteiger partial charge >= 0.3 is 0 Å². The second kappa shape index (κ2) is 2.74. The zero-order chi connectivity index (χ0) is 6.97. The van der Waals surface area contributed by atoms with Crippen LogP contribution in [0.25, 0.3) is 0 Å². The molecule has 1 saturated heterocycles. The topological polar surface area (TPSA) is 20.2 Å². The summed E-state index contributed by atoms with van der Waals surface area (Å²) in [6, 6.07) is 0. The number of hydrogen-bond donors (Lipinski definition) is 1. The van der Waals surface area contributed by atoms with Crippen LogP contribution in [-0.2, 0) is 0 Å². The molecule has 2 fully saturated rings. The molecule has 2 heteroatoms. The third-order valence-corrected chi connectivity index (χ3v) is 4.14. The normalized spacial score (nSPS) is 35.1. The van der Waals surface area contributed by atoms with E-state index in [1.807, 2.05) is 11.8 Å². The van der Waals surface area contributed by atoms with Gasteiger partial charge in [-0.05, 0) is 36.9 Å². The summed E-state index contributed by atoms with van der Waals surface area (Å²) < 4.78 is 0. The number of aliphatic hydroxyl groups is 1. The first-order chi connectivity index (χ1) is 4.92. The van der Waals surface area contributed by atoms with Gasteiger partial charge in [-0.15, -0.1) is 0 Å². The summed E-state index contributed by atoms with van der Waals surface area (Å²) >= 11 is 2.05. The summed E-state index contributed by atoms with van der Waals surface area (Å²) in [5.41, 5.74) is 0. The van der Waals surface area contributed by atoms with Crippen molar-refractivity contribution < 1.29 is 5.11 Å². The van der Waals surface area contributed by atoms with Crippen molar-refractivity contribution in [2.75, 3.05) is 12.4 Å². The van der Waals surface area contributed by atoms with E-state index < -0.39 is 0 Å². The van der Waals surface area contributed by atoms with Crippen molar-refractivity contribution in [1.82, 2.24) is 0 Å². The zero-order valence-electron chi connectivity index (χ0n) is 6.12. The van der Waals surface area contributed by atoms with E-state index in [1.165, 1.54) is 25.0 Å². The van der Waals surface area contributed by atoms with Gasteiger partial charge in [-0.1, -0.05) is 0 Å². The fourth-order valence-corrected chi connectivity index (χ4v) is 2.75. The molecule has 2 atom stereocenters. The molecule has 2 rings (SSSR count). The lowest BCUT2D eigenvalue weighted by molar-refractivity contribution is 0.202. The molecular formula is C8H14OS. The number of thioether (sulfide) groups is 1. The van der Waals surface area contributed by atoms with Gasteiger partial charge in [-0.25, -0.2) is 0 Å². The van der Waals surface area contributed by atoms with Crippen molar-refractivity contribution in [1.29, 1.82) is 0 Å². The van der Waals surface area contributed by atoms with Crippen LogP contribution in [0.4, 0.5) is 0 Å². The molecule has 1 saturated carbocycles. The molecule has 0 spiro atoms. The Labute approximate surface area is 66.2 Å². The van der Waals surface area contributed by atoms with E-state index in [-0.39, 0.29) is 0 Å². The van der Waals surface area contributed by atoms with Crippen LogP contribution in [0.2, 0.25) is 0 Å². The van der Waals surface area contributed by atoms with Crippen LogP contribution >= 0.6 is 11.8 Å². The minimum Gasteiger partial charge on any atom is -0.396 e. The van der Waals surface area contributed by atoms with Crippen LogP contribution in [0.15, 0.2) is 0 Å². The van der Waals surface area contributed by atoms with Crippen molar-refractivity contribution >= 4 is 11.8 Å². The van der Waals surface area contributed by atoms with E-state index in [4.69, 9.17) is 5.11 Å². The van der Waals surface area contributed by atoms with Crippen LogP contribution < -0.4 is 0 Å². The predicted molar refractivity (Wildman–Crippen MR) is 44.2 cm³/mol. The van der Waals surface area contributed by atoms with E-state index in [2.05, 4.69) is 0 Å². The average molecular weight is 158 g/mol. The van der Waals surface area contributed by atoms with Crippen molar-refractivity contribution in [3.8, 4) is 0 Å². The molecule has 0 bridgehead atoms. The molecule has 0 radical (unpaired) electrons. The highest BCUT2D eigenvalue weighted by atomic mass is 32.2. The molecule has 0 amide bonds. The molecule has 2 unspecified atom stereocenters. The molecule has 0 aromatic carbocycles. The molecule has 10 heavy (non-hydrogen) atoms. The molecule has 1 aliphatic heterocycles. The first-order valence-electron chi connectivity index (χ1n) is 4.14. The Bertz CT molecular complexity index is 118. The summed E-state index contributed by atoms with van der Waals surface area (Å²) in [6.07, 6.45) is 4.11. The smallest absolute Gasteiger partial charge is 0.0472 e. The van der Waals surface area contributed by atoms with Crippen molar-refractivity contribution in [2.45, 2.75) is 24.5 Å². The lowest BCUT2D eigenvalue weighted by atomic mass is 9.98.